The molecule has 4 fully saturated rings. The van der Waals surface area contributed by atoms with Crippen LogP contribution < -0.4 is 16.1 Å². The monoisotopic (exact) mass is 418 g/mol. The second-order valence-electron chi connectivity index (χ2n) is 8.76. The zero-order valence-corrected chi connectivity index (χ0v) is 16.7. The first-order valence-corrected chi connectivity index (χ1v) is 10.3. The molecule has 1 aliphatic carbocycles. The first kappa shape index (κ1) is 19.3. The fourth-order valence-corrected chi connectivity index (χ4v) is 5.11. The number of pyridine rings is 1. The lowest BCUT2D eigenvalue weighted by Crippen LogP contribution is -2.55. The van der Waals surface area contributed by atoms with Crippen LogP contribution in [0.25, 0.3) is 10.9 Å². The summed E-state index contributed by atoms with van der Waals surface area (Å²) in [5.41, 5.74) is 3.80. The van der Waals surface area contributed by atoms with Gasteiger partial charge in [0, 0.05) is 37.4 Å². The molecule has 4 heterocycles. The van der Waals surface area contributed by atoms with Crippen molar-refractivity contribution in [1.82, 2.24) is 9.47 Å². The molecule has 6 rings (SSSR count). The summed E-state index contributed by atoms with van der Waals surface area (Å²) in [7, 11) is 2.03. The standard InChI is InChI=1S/C21H24F2N4O3/c1-25-7-12-4-2-3-11(25)8-26(12)19-15(22)17(24)14-18(16(19)23)27(10-5-6-10)9-13(20(14)28)21(29)30/h9-12H,2-8,24H2,1H3,(H,29,30). The minimum absolute atomic E-state index is 0.0472. The van der Waals surface area contributed by atoms with Gasteiger partial charge in [-0.3, -0.25) is 9.69 Å². The molecule has 2 unspecified atom stereocenters. The third-order valence-corrected chi connectivity index (χ3v) is 6.87. The summed E-state index contributed by atoms with van der Waals surface area (Å²) in [4.78, 5) is 28.3. The van der Waals surface area contributed by atoms with Crippen molar-refractivity contribution in [2.45, 2.75) is 50.2 Å². The van der Waals surface area contributed by atoms with Gasteiger partial charge in [0.05, 0.1) is 16.6 Å². The molecule has 7 nitrogen and oxygen atoms in total. The van der Waals surface area contributed by atoms with Crippen molar-refractivity contribution in [3.63, 3.8) is 0 Å². The summed E-state index contributed by atoms with van der Waals surface area (Å²) in [6, 6.07) is 0.0265. The Morgan fingerprint density at radius 1 is 1.10 bits per heavy atom. The molecule has 2 atom stereocenters. The first-order valence-electron chi connectivity index (χ1n) is 10.3. The van der Waals surface area contributed by atoms with Crippen LogP contribution in [0.3, 0.4) is 0 Å². The number of hydrogen-bond donors (Lipinski definition) is 2. The molecule has 0 amide bonds. The number of aromatic carboxylic acids is 1. The maximum Gasteiger partial charge on any atom is 0.341 e. The van der Waals surface area contributed by atoms with Crippen molar-refractivity contribution in [3.8, 4) is 0 Å². The first-order chi connectivity index (χ1) is 14.3. The average molecular weight is 418 g/mol. The normalized spacial score (nSPS) is 24.4. The van der Waals surface area contributed by atoms with Gasteiger partial charge in [-0.25, -0.2) is 13.6 Å². The summed E-state index contributed by atoms with van der Waals surface area (Å²) in [6.07, 6.45) is 5.43. The molecule has 3 aliphatic heterocycles. The fraction of sp³-hybridized carbons (Fsp3) is 0.524. The van der Waals surface area contributed by atoms with Crippen molar-refractivity contribution in [2.75, 3.05) is 30.8 Å². The fourth-order valence-electron chi connectivity index (χ4n) is 5.11. The van der Waals surface area contributed by atoms with Crippen LogP contribution in [0.2, 0.25) is 0 Å². The zero-order chi connectivity index (χ0) is 21.3. The van der Waals surface area contributed by atoms with Gasteiger partial charge in [0.1, 0.15) is 11.3 Å². The van der Waals surface area contributed by atoms with Gasteiger partial charge in [0.15, 0.2) is 11.6 Å². The Hall–Kier alpha value is -2.68. The number of carboxylic acid groups (broad SMARTS) is 1. The molecule has 0 spiro atoms. The van der Waals surface area contributed by atoms with E-state index in [1.54, 1.807) is 4.90 Å². The number of rotatable bonds is 3. The Kier molecular flexibility index (Phi) is 4.29. The number of hydrogen-bond acceptors (Lipinski definition) is 5. The van der Waals surface area contributed by atoms with Crippen LogP contribution in [-0.4, -0.2) is 52.8 Å². The Balaban J connectivity index is 1.80. The number of carboxylic acids is 1. The SMILES string of the molecule is CN1CC2CCCC1CN2c1c(F)c(N)c2c(=O)c(C(=O)O)cn(C3CC3)c2c1F. The molecular formula is C21H24F2N4O3. The number of nitrogen functional groups attached to an aromatic ring is 1. The van der Waals surface area contributed by atoms with Crippen LogP contribution in [0.15, 0.2) is 11.0 Å². The molecule has 1 aromatic carbocycles. The van der Waals surface area contributed by atoms with E-state index in [1.807, 2.05) is 7.05 Å². The van der Waals surface area contributed by atoms with Crippen molar-refractivity contribution >= 4 is 28.2 Å². The smallest absolute Gasteiger partial charge is 0.341 e. The van der Waals surface area contributed by atoms with Gasteiger partial charge in [-0.2, -0.15) is 0 Å². The Labute approximate surface area is 171 Å². The predicted octanol–water partition coefficient (Wildman–Crippen LogP) is 2.57. The van der Waals surface area contributed by atoms with Gasteiger partial charge < -0.3 is 20.3 Å². The number of carbonyl (C=O) groups is 1. The summed E-state index contributed by atoms with van der Waals surface area (Å²) < 4.78 is 32.9. The molecule has 4 aliphatic rings. The minimum Gasteiger partial charge on any atom is -0.477 e. The number of likely N-dealkylation sites (N-methyl/N-ethyl adjacent to an activating group) is 1. The van der Waals surface area contributed by atoms with Crippen molar-refractivity contribution in [1.29, 1.82) is 0 Å². The number of anilines is 2. The van der Waals surface area contributed by atoms with E-state index in [2.05, 4.69) is 4.90 Å². The van der Waals surface area contributed by atoms with Gasteiger partial charge >= 0.3 is 5.97 Å². The lowest BCUT2D eigenvalue weighted by atomic mass is 10.0. The molecule has 2 bridgehead atoms. The van der Waals surface area contributed by atoms with Crippen molar-refractivity contribution in [2.24, 2.45) is 0 Å². The Morgan fingerprint density at radius 2 is 1.80 bits per heavy atom. The third kappa shape index (κ3) is 2.71. The van der Waals surface area contributed by atoms with Gasteiger partial charge in [0.25, 0.3) is 0 Å². The Morgan fingerprint density at radius 3 is 2.47 bits per heavy atom. The number of halogens is 2. The molecule has 9 heteroatoms. The van der Waals surface area contributed by atoms with E-state index in [4.69, 9.17) is 5.73 Å². The highest BCUT2D eigenvalue weighted by atomic mass is 19.1. The largest absolute Gasteiger partial charge is 0.477 e. The molecule has 30 heavy (non-hydrogen) atoms. The van der Waals surface area contributed by atoms with Crippen LogP contribution in [0.4, 0.5) is 20.2 Å². The highest BCUT2D eigenvalue weighted by Gasteiger charge is 2.39. The van der Waals surface area contributed by atoms with E-state index < -0.39 is 34.3 Å². The van der Waals surface area contributed by atoms with Crippen LogP contribution >= 0.6 is 0 Å². The predicted molar refractivity (Wildman–Crippen MR) is 109 cm³/mol. The van der Waals surface area contributed by atoms with Gasteiger partial charge in [0.2, 0.25) is 5.43 Å². The van der Waals surface area contributed by atoms with E-state index in [0.29, 0.717) is 13.1 Å². The van der Waals surface area contributed by atoms with Gasteiger partial charge in [-0.1, -0.05) is 0 Å². The Bertz CT molecular complexity index is 1130. The maximum atomic E-state index is 16.0. The van der Waals surface area contributed by atoms with Crippen LogP contribution in [0.1, 0.15) is 48.5 Å². The third-order valence-electron chi connectivity index (χ3n) is 6.87. The van der Waals surface area contributed by atoms with Crippen LogP contribution in [-0.2, 0) is 0 Å². The second-order valence-corrected chi connectivity index (χ2v) is 8.76. The van der Waals surface area contributed by atoms with E-state index in [-0.39, 0.29) is 34.7 Å². The summed E-state index contributed by atoms with van der Waals surface area (Å²) in [5, 5.41) is 9.04. The molecule has 3 saturated heterocycles. The van der Waals surface area contributed by atoms with Gasteiger partial charge in [-0.05, 0) is 39.2 Å². The lowest BCUT2D eigenvalue weighted by molar-refractivity contribution is 0.0695. The average Bonchev–Trinajstić information content (AvgIpc) is 3.54. The van der Waals surface area contributed by atoms with E-state index >= 15 is 8.78 Å². The van der Waals surface area contributed by atoms with E-state index in [9.17, 15) is 14.7 Å². The molecule has 160 valence electrons. The second kappa shape index (κ2) is 6.66. The van der Waals surface area contributed by atoms with E-state index in [1.165, 1.54) is 10.8 Å². The zero-order valence-electron chi connectivity index (χ0n) is 16.7. The molecule has 1 saturated carbocycles. The highest BCUT2D eigenvalue weighted by Crippen LogP contribution is 2.43. The van der Waals surface area contributed by atoms with E-state index in [0.717, 1.165) is 32.1 Å². The number of benzene rings is 1. The number of fused-ring (bicyclic) bond motifs is 5. The van der Waals surface area contributed by atoms with Crippen molar-refractivity contribution < 1.29 is 18.7 Å². The molecule has 2 aromatic rings. The van der Waals surface area contributed by atoms with Crippen LogP contribution in [0, 0.1) is 11.6 Å². The molecule has 3 N–H and O–H groups in total. The van der Waals surface area contributed by atoms with Gasteiger partial charge in [-0.15, -0.1) is 0 Å². The quantitative estimate of drug-likeness (QED) is 0.745. The minimum atomic E-state index is -1.44. The van der Waals surface area contributed by atoms with Crippen molar-refractivity contribution in [3.05, 3.63) is 33.6 Å². The number of piperazine rings is 1. The molecule has 0 radical (unpaired) electrons. The molecular weight excluding hydrogens is 394 g/mol. The number of nitrogens with zero attached hydrogens (tertiary/aromatic N) is 3. The summed E-state index contributed by atoms with van der Waals surface area (Å²) >= 11 is 0. The highest BCUT2D eigenvalue weighted by molar-refractivity contribution is 5.99. The maximum absolute atomic E-state index is 16.0. The number of aromatic nitrogens is 1. The summed E-state index contributed by atoms with van der Waals surface area (Å²) in [6.45, 7) is 1.19. The number of nitrogens with two attached hydrogens (primary N) is 1. The lowest BCUT2D eigenvalue weighted by Gasteiger charge is -2.44. The topological polar surface area (TPSA) is 91.8 Å². The van der Waals surface area contributed by atoms with Crippen LogP contribution in [0.5, 0.6) is 0 Å². The molecule has 1 aromatic heterocycles. The summed E-state index contributed by atoms with van der Waals surface area (Å²) in [5.74, 6) is -3.24.